The van der Waals surface area contributed by atoms with Gasteiger partial charge in [-0.25, -0.2) is 9.48 Å². The first kappa shape index (κ1) is 30.4. The summed E-state index contributed by atoms with van der Waals surface area (Å²) < 4.78 is 20.4. The number of hydrogen-bond donors (Lipinski definition) is 4. The molecule has 1 aromatic heterocycles. The molecule has 10 nitrogen and oxygen atoms in total. The molecule has 2 amide bonds. The van der Waals surface area contributed by atoms with Gasteiger partial charge < -0.3 is 25.6 Å². The van der Waals surface area contributed by atoms with Gasteiger partial charge in [0.05, 0.1) is 18.4 Å². The maximum Gasteiger partial charge on any atom is 0.326 e. The first-order chi connectivity index (χ1) is 20.1. The van der Waals surface area contributed by atoms with Crippen molar-refractivity contribution in [2.24, 2.45) is 11.8 Å². The Morgan fingerprint density at radius 3 is 2.50 bits per heavy atom. The van der Waals surface area contributed by atoms with E-state index in [2.05, 4.69) is 27.2 Å². The molecule has 4 rings (SSSR count). The standard InChI is InChI=1S/C31H35FN4O6/c1-18(2)16-23(31(40)41)33-30(39)28(19-8-5-4-6-9-19)34-29(38)22-17-24(27-25(37)10-7-11-26(27)42-3)36(35-22)21-14-12-20(32)13-15-21/h7,10-12,14,17-19,23,28,37H,4-6,8-9,16H2,1-3H3,(H,33,39)(H,34,38)(H,40,41). The number of carbonyl (C=O) groups excluding carboxylic acids is 2. The largest absolute Gasteiger partial charge is 0.507 e. The van der Waals surface area contributed by atoms with E-state index in [1.807, 2.05) is 13.8 Å². The molecule has 0 saturated heterocycles. The summed E-state index contributed by atoms with van der Waals surface area (Å²) in [7, 11) is 1.43. The quantitative estimate of drug-likeness (QED) is 0.286. The lowest BCUT2D eigenvalue weighted by atomic mass is 9.83. The van der Waals surface area contributed by atoms with Gasteiger partial charge in [-0.15, -0.1) is 0 Å². The van der Waals surface area contributed by atoms with Crippen LogP contribution in [0.3, 0.4) is 0 Å². The number of halogens is 1. The highest BCUT2D eigenvalue weighted by Crippen LogP contribution is 2.39. The van der Waals surface area contributed by atoms with Crippen LogP contribution < -0.4 is 15.4 Å². The molecule has 42 heavy (non-hydrogen) atoms. The van der Waals surface area contributed by atoms with Crippen molar-refractivity contribution in [1.82, 2.24) is 20.4 Å². The van der Waals surface area contributed by atoms with Crippen LogP contribution in [0.2, 0.25) is 0 Å². The Bertz CT molecular complexity index is 1490. The number of phenols is 1. The third kappa shape index (κ3) is 7.00. The lowest BCUT2D eigenvalue weighted by molar-refractivity contribution is -0.142. The van der Waals surface area contributed by atoms with E-state index in [-0.39, 0.29) is 46.7 Å². The van der Waals surface area contributed by atoms with E-state index in [1.165, 1.54) is 36.1 Å². The Morgan fingerprint density at radius 1 is 1.14 bits per heavy atom. The zero-order valence-corrected chi connectivity index (χ0v) is 23.8. The van der Waals surface area contributed by atoms with E-state index in [0.29, 0.717) is 18.6 Å². The number of hydrogen-bond acceptors (Lipinski definition) is 6. The average Bonchev–Trinajstić information content (AvgIpc) is 3.40. The van der Waals surface area contributed by atoms with Crippen LogP contribution >= 0.6 is 0 Å². The first-order valence-electron chi connectivity index (χ1n) is 14.0. The zero-order valence-electron chi connectivity index (χ0n) is 23.8. The number of rotatable bonds is 11. The summed E-state index contributed by atoms with van der Waals surface area (Å²) in [6, 6.07) is 4.04. The Hall–Kier alpha value is -4.59. The number of methoxy groups -OCH3 is 1. The molecular weight excluding hydrogens is 543 g/mol. The van der Waals surface area contributed by atoms with E-state index in [4.69, 9.17) is 4.74 Å². The van der Waals surface area contributed by atoms with E-state index < -0.39 is 35.7 Å². The Balaban J connectivity index is 1.72. The highest BCUT2D eigenvalue weighted by molar-refractivity contribution is 5.98. The van der Waals surface area contributed by atoms with Gasteiger partial charge in [0.1, 0.15) is 29.3 Å². The summed E-state index contributed by atoms with van der Waals surface area (Å²) in [5.41, 5.74) is 5.66. The topological polar surface area (TPSA) is 143 Å². The molecular formula is C31H35FN4O6. The predicted molar refractivity (Wildman–Crippen MR) is 153 cm³/mol. The minimum absolute atomic E-state index is 0.0309. The van der Waals surface area contributed by atoms with E-state index in [9.17, 15) is 29.0 Å². The van der Waals surface area contributed by atoms with Gasteiger partial charge >= 0.3 is 5.97 Å². The highest BCUT2D eigenvalue weighted by Gasteiger charge is 2.34. The zero-order chi connectivity index (χ0) is 30.4. The van der Waals surface area contributed by atoms with Gasteiger partial charge in [0.15, 0.2) is 11.5 Å². The fraction of sp³-hybridized carbons (Fsp3) is 0.419. The molecule has 1 saturated carbocycles. The fourth-order valence-corrected chi connectivity index (χ4v) is 5.32. The van der Waals surface area contributed by atoms with Crippen molar-refractivity contribution in [3.8, 4) is 22.8 Å². The number of allylic oxidation sites excluding steroid dienone is 4. The fourth-order valence-electron chi connectivity index (χ4n) is 5.32. The Kier molecular flexibility index (Phi) is 9.68. The van der Waals surface area contributed by atoms with Crippen LogP contribution in [0.25, 0.3) is 17.0 Å². The van der Waals surface area contributed by atoms with E-state index in [1.54, 1.807) is 12.1 Å². The molecule has 0 bridgehead atoms. The lowest BCUT2D eigenvalue weighted by Gasteiger charge is -2.31. The minimum atomic E-state index is -1.14. The number of nitrogens with one attached hydrogen (secondary N) is 2. The maximum absolute atomic E-state index is 13.7. The second-order valence-corrected chi connectivity index (χ2v) is 10.9. The van der Waals surface area contributed by atoms with Gasteiger partial charge in [0, 0.05) is 0 Å². The summed E-state index contributed by atoms with van der Waals surface area (Å²) >= 11 is 0. The van der Waals surface area contributed by atoms with Crippen LogP contribution in [0, 0.1) is 11.8 Å². The molecule has 1 fully saturated rings. The van der Waals surface area contributed by atoms with Crippen molar-refractivity contribution in [1.29, 1.82) is 0 Å². The number of aromatic nitrogens is 2. The van der Waals surface area contributed by atoms with Gasteiger partial charge in [-0.05, 0) is 72.9 Å². The van der Waals surface area contributed by atoms with Gasteiger partial charge in [-0.2, -0.15) is 9.49 Å². The van der Waals surface area contributed by atoms with E-state index >= 15 is 0 Å². The van der Waals surface area contributed by atoms with Gasteiger partial charge in [-0.1, -0.05) is 39.2 Å². The molecule has 0 radical (unpaired) electrons. The van der Waals surface area contributed by atoms with Gasteiger partial charge in [0.25, 0.3) is 5.91 Å². The van der Waals surface area contributed by atoms with Crippen LogP contribution in [-0.4, -0.2) is 57.0 Å². The predicted octanol–water partition coefficient (Wildman–Crippen LogP) is 4.58. The lowest BCUT2D eigenvalue weighted by Crippen LogP contribution is -2.55. The summed E-state index contributed by atoms with van der Waals surface area (Å²) in [5, 5.41) is 30.3. The number of ether oxygens (including phenoxy) is 1. The molecule has 2 aliphatic rings. The highest BCUT2D eigenvalue weighted by atomic mass is 19.1. The first-order valence-corrected chi connectivity index (χ1v) is 14.0. The second kappa shape index (κ2) is 13.4. The third-order valence-electron chi connectivity index (χ3n) is 7.36. The van der Waals surface area contributed by atoms with Crippen LogP contribution in [0.5, 0.6) is 11.5 Å². The summed E-state index contributed by atoms with van der Waals surface area (Å²) in [6.45, 7) is 3.73. The molecule has 2 unspecified atom stereocenters. The molecule has 1 aromatic carbocycles. The number of carboxylic acid groups (broad SMARTS) is 1. The van der Waals surface area contributed by atoms with E-state index in [0.717, 1.165) is 19.3 Å². The monoisotopic (exact) mass is 578 g/mol. The van der Waals surface area contributed by atoms with Crippen molar-refractivity contribution in [3.05, 3.63) is 59.4 Å². The summed E-state index contributed by atoms with van der Waals surface area (Å²) in [6.07, 6.45) is 7.01. The number of aromatic hydroxyl groups is 1. The van der Waals surface area contributed by atoms with Crippen LogP contribution in [0.1, 0.15) is 62.9 Å². The number of amides is 2. The summed E-state index contributed by atoms with van der Waals surface area (Å²) in [4.78, 5) is 39.0. The normalized spacial score (nSPS) is 16.4. The van der Waals surface area contributed by atoms with Gasteiger partial charge in [-0.3, -0.25) is 9.59 Å². The smallest absolute Gasteiger partial charge is 0.326 e. The van der Waals surface area contributed by atoms with Crippen molar-refractivity contribution in [2.45, 2.75) is 64.5 Å². The SMILES string of the molecule is COc1cccc(O)c1-c1cc(C(=O)NC(C(=O)NC(CC(C)C)C(=O)O)C2CCCCC2)nn1C1=C=C=C(F)C=C1. The van der Waals surface area contributed by atoms with Crippen LogP contribution in [-0.2, 0) is 9.59 Å². The van der Waals surface area contributed by atoms with Gasteiger partial charge in [0.2, 0.25) is 5.91 Å². The molecule has 2 atom stereocenters. The summed E-state index contributed by atoms with van der Waals surface area (Å²) in [5.74, 6) is -3.00. The third-order valence-corrected chi connectivity index (χ3v) is 7.36. The van der Waals surface area contributed by atoms with Crippen molar-refractivity contribution >= 4 is 23.5 Å². The number of carbonyl (C=O) groups is 3. The molecule has 0 aliphatic heterocycles. The maximum atomic E-state index is 13.7. The number of nitrogens with zero attached hydrogens (tertiary/aromatic N) is 2. The number of aliphatic carboxylic acids is 1. The molecule has 0 spiro atoms. The van der Waals surface area contributed by atoms with Crippen molar-refractivity contribution in [3.63, 3.8) is 0 Å². The number of carboxylic acids is 1. The molecule has 4 N–H and O–H groups in total. The Labute approximate surface area is 243 Å². The van der Waals surface area contributed by atoms with Crippen LogP contribution in [0.4, 0.5) is 4.39 Å². The van der Waals surface area contributed by atoms with Crippen molar-refractivity contribution < 1.29 is 33.7 Å². The number of phenolic OH excluding ortho intramolecular Hbond substituents is 1. The minimum Gasteiger partial charge on any atom is -0.507 e. The van der Waals surface area contributed by atoms with Crippen LogP contribution in [0.15, 0.2) is 53.7 Å². The van der Waals surface area contributed by atoms with Crippen molar-refractivity contribution in [2.75, 3.05) is 7.11 Å². The number of benzene rings is 1. The molecule has 2 aliphatic carbocycles. The second-order valence-electron chi connectivity index (χ2n) is 10.9. The molecule has 2 aromatic rings. The molecule has 1 heterocycles. The Morgan fingerprint density at radius 2 is 1.88 bits per heavy atom. The average molecular weight is 579 g/mol. The molecule has 222 valence electrons. The molecule has 11 heteroatoms.